The van der Waals surface area contributed by atoms with E-state index in [-0.39, 0.29) is 11.1 Å². The molecule has 0 saturated carbocycles. The highest BCUT2D eigenvalue weighted by atomic mass is 35.5. The normalized spacial score (nSPS) is 14.0. The molecule has 0 aliphatic heterocycles. The number of rotatable bonds is 6. The summed E-state index contributed by atoms with van der Waals surface area (Å²) in [5, 5.41) is 1.75. The third-order valence-electron chi connectivity index (χ3n) is 5.89. The Labute approximate surface area is 200 Å². The molecule has 5 rings (SSSR count). The van der Waals surface area contributed by atoms with Crippen molar-refractivity contribution < 1.29 is 0 Å². The van der Waals surface area contributed by atoms with Gasteiger partial charge < -0.3 is 0 Å². The van der Waals surface area contributed by atoms with Crippen LogP contribution in [0.4, 0.5) is 0 Å². The highest BCUT2D eigenvalue weighted by Gasteiger charge is 2.14. The molecular weight excluding hydrogens is 456 g/mol. The lowest BCUT2D eigenvalue weighted by Crippen LogP contribution is -2.24. The summed E-state index contributed by atoms with van der Waals surface area (Å²) >= 11 is 7.43. The summed E-state index contributed by atoms with van der Waals surface area (Å²) in [4.78, 5) is 35.2. The van der Waals surface area contributed by atoms with Crippen LogP contribution in [-0.4, -0.2) is 18.9 Å². The first-order valence-electron chi connectivity index (χ1n) is 11.1. The predicted molar refractivity (Wildman–Crippen MR) is 133 cm³/mol. The van der Waals surface area contributed by atoms with Crippen LogP contribution in [-0.2, 0) is 12.3 Å². The monoisotopic (exact) mass is 478 g/mol. The van der Waals surface area contributed by atoms with Crippen molar-refractivity contribution in [2.24, 2.45) is 0 Å². The molecule has 0 unspecified atom stereocenters. The number of nitrogens with zero attached hydrogens (tertiary/aromatic N) is 4. The zero-order chi connectivity index (χ0) is 22.8. The van der Waals surface area contributed by atoms with Gasteiger partial charge in [0.2, 0.25) is 0 Å². The van der Waals surface area contributed by atoms with E-state index >= 15 is 0 Å². The number of hydrogen-bond donors (Lipinski definition) is 0. The molecule has 168 valence electrons. The Kier molecular flexibility index (Phi) is 6.33. The number of benzene rings is 1. The van der Waals surface area contributed by atoms with Gasteiger partial charge >= 0.3 is 0 Å². The van der Waals surface area contributed by atoms with Gasteiger partial charge in [-0.3, -0.25) is 18.6 Å². The molecule has 6 nitrogen and oxygen atoms in total. The largest absolute Gasteiger partial charge is 0.287 e. The average Bonchev–Trinajstić information content (AvgIpc) is 2.83. The number of thioether (sulfide) groups is 1. The van der Waals surface area contributed by atoms with Crippen LogP contribution in [0.2, 0.25) is 5.02 Å². The summed E-state index contributed by atoms with van der Waals surface area (Å²) in [6.07, 6.45) is 9.41. The molecular formula is C25H23ClN4O2S. The van der Waals surface area contributed by atoms with Crippen molar-refractivity contribution in [3.63, 3.8) is 0 Å². The van der Waals surface area contributed by atoms with Crippen molar-refractivity contribution in [3.8, 4) is 0 Å². The first kappa shape index (κ1) is 21.9. The molecule has 0 spiro atoms. The number of halogens is 1. The number of para-hydroxylation sites is 1. The Morgan fingerprint density at radius 1 is 1.06 bits per heavy atom. The van der Waals surface area contributed by atoms with Crippen LogP contribution in [0.15, 0.2) is 75.1 Å². The van der Waals surface area contributed by atoms with Crippen LogP contribution in [0.5, 0.6) is 0 Å². The summed E-state index contributed by atoms with van der Waals surface area (Å²) in [7, 11) is 0. The number of pyridine rings is 1. The standard InChI is InChI=1S/C25H23ClN4O2S/c26-18-10-11-22-27-19(14-23(31)30(22)15-18)16-33-25-28-21-9-5-4-8-20(21)24(32)29(25)13-12-17-6-2-1-3-7-17/h4-6,8-11,14-15H,1-3,7,12-13,16H2. The highest BCUT2D eigenvalue weighted by Crippen LogP contribution is 2.24. The van der Waals surface area contributed by atoms with Gasteiger partial charge in [0.1, 0.15) is 5.65 Å². The minimum Gasteiger partial charge on any atom is -0.287 e. The first-order valence-corrected chi connectivity index (χ1v) is 12.4. The van der Waals surface area contributed by atoms with E-state index in [2.05, 4.69) is 11.1 Å². The number of aromatic nitrogens is 4. The first-order chi connectivity index (χ1) is 16.1. The van der Waals surface area contributed by atoms with Gasteiger partial charge in [-0.2, -0.15) is 0 Å². The molecule has 0 radical (unpaired) electrons. The second kappa shape index (κ2) is 9.53. The van der Waals surface area contributed by atoms with Crippen LogP contribution in [0.3, 0.4) is 0 Å². The van der Waals surface area contributed by atoms with Crippen molar-refractivity contribution in [1.29, 1.82) is 0 Å². The Balaban J connectivity index is 1.47. The van der Waals surface area contributed by atoms with Gasteiger partial charge in [-0.15, -0.1) is 0 Å². The molecule has 3 aromatic heterocycles. The SMILES string of the molecule is O=c1c2ccccc2nc(SCc2cc(=O)n3cc(Cl)ccc3n2)n1CCC1=CCCCC1. The highest BCUT2D eigenvalue weighted by molar-refractivity contribution is 7.98. The van der Waals surface area contributed by atoms with Crippen molar-refractivity contribution in [2.75, 3.05) is 0 Å². The summed E-state index contributed by atoms with van der Waals surface area (Å²) in [5.74, 6) is 0.432. The van der Waals surface area contributed by atoms with Crippen molar-refractivity contribution in [2.45, 2.75) is 49.6 Å². The third kappa shape index (κ3) is 4.75. The summed E-state index contributed by atoms with van der Waals surface area (Å²) in [5.41, 5.74) is 3.05. The topological polar surface area (TPSA) is 69.3 Å². The van der Waals surface area contributed by atoms with Crippen LogP contribution in [0.25, 0.3) is 16.6 Å². The molecule has 0 N–H and O–H groups in total. The molecule has 3 heterocycles. The second-order valence-corrected chi connectivity index (χ2v) is 9.56. The maximum atomic E-state index is 13.3. The van der Waals surface area contributed by atoms with Crippen molar-refractivity contribution in [1.82, 2.24) is 18.9 Å². The van der Waals surface area contributed by atoms with Crippen LogP contribution < -0.4 is 11.1 Å². The van der Waals surface area contributed by atoms with Gasteiger partial charge in [0.25, 0.3) is 11.1 Å². The Morgan fingerprint density at radius 3 is 2.79 bits per heavy atom. The molecule has 0 fully saturated rings. The van der Waals surface area contributed by atoms with Gasteiger partial charge in [0.05, 0.1) is 21.6 Å². The fourth-order valence-electron chi connectivity index (χ4n) is 4.18. The molecule has 4 aromatic rings. The smallest absolute Gasteiger partial charge is 0.262 e. The zero-order valence-electron chi connectivity index (χ0n) is 18.0. The molecule has 0 bridgehead atoms. The second-order valence-electron chi connectivity index (χ2n) is 8.18. The third-order valence-corrected chi connectivity index (χ3v) is 7.13. The van der Waals surface area contributed by atoms with Crippen LogP contribution >= 0.6 is 23.4 Å². The van der Waals surface area contributed by atoms with E-state index in [0.29, 0.717) is 44.7 Å². The van der Waals surface area contributed by atoms with E-state index in [1.165, 1.54) is 40.6 Å². The van der Waals surface area contributed by atoms with E-state index < -0.39 is 0 Å². The number of fused-ring (bicyclic) bond motifs is 2. The molecule has 33 heavy (non-hydrogen) atoms. The van der Waals surface area contributed by atoms with Gasteiger partial charge in [0, 0.05) is 24.6 Å². The maximum Gasteiger partial charge on any atom is 0.262 e. The van der Waals surface area contributed by atoms with Crippen molar-refractivity contribution >= 4 is 39.9 Å². The molecule has 1 aliphatic rings. The zero-order valence-corrected chi connectivity index (χ0v) is 19.6. The summed E-state index contributed by atoms with van der Waals surface area (Å²) < 4.78 is 3.20. The lowest BCUT2D eigenvalue weighted by atomic mass is 9.97. The molecule has 1 aromatic carbocycles. The molecule has 8 heteroatoms. The van der Waals surface area contributed by atoms with Crippen LogP contribution in [0, 0.1) is 0 Å². The van der Waals surface area contributed by atoms with Gasteiger partial charge in [-0.05, 0) is 56.4 Å². The quantitative estimate of drug-likeness (QED) is 0.215. The van der Waals surface area contributed by atoms with E-state index in [0.717, 1.165) is 19.3 Å². The summed E-state index contributed by atoms with van der Waals surface area (Å²) in [6, 6.07) is 12.4. The molecule has 0 atom stereocenters. The fourth-order valence-corrected chi connectivity index (χ4v) is 5.26. The number of hydrogen-bond acceptors (Lipinski definition) is 5. The van der Waals surface area contributed by atoms with Gasteiger partial charge in [-0.1, -0.05) is 47.1 Å². The van der Waals surface area contributed by atoms with Crippen molar-refractivity contribution in [3.05, 3.63) is 91.7 Å². The van der Waals surface area contributed by atoms with E-state index in [1.54, 1.807) is 22.9 Å². The molecule has 1 aliphatic carbocycles. The van der Waals surface area contributed by atoms with E-state index in [1.807, 2.05) is 24.3 Å². The van der Waals surface area contributed by atoms with Gasteiger partial charge in [0.15, 0.2) is 5.16 Å². The van der Waals surface area contributed by atoms with E-state index in [9.17, 15) is 9.59 Å². The van der Waals surface area contributed by atoms with E-state index in [4.69, 9.17) is 16.6 Å². The predicted octanol–water partition coefficient (Wildman–Crippen LogP) is 5.24. The maximum absolute atomic E-state index is 13.3. The average molecular weight is 479 g/mol. The fraction of sp³-hybridized carbons (Fsp3) is 0.280. The minimum absolute atomic E-state index is 0.0271. The van der Waals surface area contributed by atoms with Gasteiger partial charge in [-0.25, -0.2) is 9.97 Å². The Bertz CT molecular complexity index is 1490. The summed E-state index contributed by atoms with van der Waals surface area (Å²) in [6.45, 7) is 0.594. The molecule has 0 amide bonds. The Hall–Kier alpha value is -2.90. The lowest BCUT2D eigenvalue weighted by Gasteiger charge is -2.16. The van der Waals surface area contributed by atoms with Crippen LogP contribution in [0.1, 0.15) is 37.8 Å². The Morgan fingerprint density at radius 2 is 1.94 bits per heavy atom. The molecule has 0 saturated heterocycles. The lowest BCUT2D eigenvalue weighted by molar-refractivity contribution is 0.569. The number of allylic oxidation sites excluding steroid dienone is 2. The minimum atomic E-state index is -0.189.